The number of rotatable bonds is 8. The van der Waals surface area contributed by atoms with Crippen molar-refractivity contribution in [2.45, 2.75) is 18.8 Å². The molecule has 0 unspecified atom stereocenters. The first-order chi connectivity index (χ1) is 13.4. The highest BCUT2D eigenvalue weighted by Crippen LogP contribution is 2.18. The third kappa shape index (κ3) is 4.96. The van der Waals surface area contributed by atoms with E-state index >= 15 is 0 Å². The fourth-order valence-corrected chi connectivity index (χ4v) is 3.79. The standard InChI is InChI=1S/C20H23N3O4S/c1-28(26,27)15-19-21-17-9-5-6-10-18(17)23(19)14-20(25)22(11-12-24)13-16-7-3-2-4-8-16/h2-10,24H,11-15H2,1H3. The number of fused-ring (bicyclic) bond motifs is 1. The fourth-order valence-electron chi connectivity index (χ4n) is 3.10. The van der Waals surface area contributed by atoms with Gasteiger partial charge in [-0.15, -0.1) is 0 Å². The van der Waals surface area contributed by atoms with Crippen LogP contribution in [0.3, 0.4) is 0 Å². The minimum absolute atomic E-state index is 0.0435. The molecule has 0 aliphatic rings. The highest BCUT2D eigenvalue weighted by Gasteiger charge is 2.20. The van der Waals surface area contributed by atoms with Gasteiger partial charge in [-0.3, -0.25) is 4.79 Å². The summed E-state index contributed by atoms with van der Waals surface area (Å²) in [6.07, 6.45) is 1.14. The maximum absolute atomic E-state index is 13.0. The maximum Gasteiger partial charge on any atom is 0.242 e. The van der Waals surface area contributed by atoms with Gasteiger partial charge >= 0.3 is 0 Å². The molecule has 3 aromatic rings. The summed E-state index contributed by atoms with van der Waals surface area (Å²) in [6.45, 7) is 0.369. The van der Waals surface area contributed by atoms with Crippen molar-refractivity contribution in [3.8, 4) is 0 Å². The number of aliphatic hydroxyl groups excluding tert-OH is 1. The van der Waals surface area contributed by atoms with E-state index in [-0.39, 0.29) is 31.4 Å². The summed E-state index contributed by atoms with van der Waals surface area (Å²) in [6, 6.07) is 16.8. The second-order valence-electron chi connectivity index (χ2n) is 6.70. The Bertz CT molecular complexity index is 1060. The summed E-state index contributed by atoms with van der Waals surface area (Å²) in [4.78, 5) is 19.0. The van der Waals surface area contributed by atoms with Gasteiger partial charge < -0.3 is 14.6 Å². The third-order valence-electron chi connectivity index (χ3n) is 4.36. The Labute approximate surface area is 164 Å². The summed E-state index contributed by atoms with van der Waals surface area (Å²) in [5.41, 5.74) is 2.31. The van der Waals surface area contributed by atoms with Crippen LogP contribution in [-0.2, 0) is 33.5 Å². The van der Waals surface area contributed by atoms with Gasteiger partial charge in [-0.2, -0.15) is 0 Å². The number of imidazole rings is 1. The number of sulfone groups is 1. The van der Waals surface area contributed by atoms with Crippen LogP contribution in [0.25, 0.3) is 11.0 Å². The van der Waals surface area contributed by atoms with Crippen molar-refractivity contribution in [3.63, 3.8) is 0 Å². The molecule has 2 aromatic carbocycles. The van der Waals surface area contributed by atoms with Crippen LogP contribution in [0.15, 0.2) is 54.6 Å². The van der Waals surface area contributed by atoms with Gasteiger partial charge in [0, 0.05) is 19.3 Å². The average Bonchev–Trinajstić information content (AvgIpc) is 2.97. The van der Waals surface area contributed by atoms with E-state index in [0.717, 1.165) is 11.8 Å². The Morgan fingerprint density at radius 1 is 1.11 bits per heavy atom. The first-order valence-corrected chi connectivity index (χ1v) is 11.0. The third-order valence-corrected chi connectivity index (χ3v) is 5.14. The van der Waals surface area contributed by atoms with Crippen LogP contribution in [0.4, 0.5) is 0 Å². The molecular weight excluding hydrogens is 378 g/mol. The summed E-state index contributed by atoms with van der Waals surface area (Å²) >= 11 is 0. The Balaban J connectivity index is 1.90. The number of carbonyl (C=O) groups is 1. The maximum atomic E-state index is 13.0. The lowest BCUT2D eigenvalue weighted by Gasteiger charge is -2.23. The number of carbonyl (C=O) groups excluding carboxylic acids is 1. The average molecular weight is 401 g/mol. The predicted octanol–water partition coefficient (Wildman–Crippen LogP) is 1.60. The van der Waals surface area contributed by atoms with Crippen LogP contribution in [-0.4, -0.2) is 53.3 Å². The molecule has 0 atom stereocenters. The number of para-hydroxylation sites is 2. The Kier molecular flexibility index (Phi) is 6.11. The molecule has 1 heterocycles. The molecule has 0 fully saturated rings. The van der Waals surface area contributed by atoms with E-state index in [4.69, 9.17) is 0 Å². The van der Waals surface area contributed by atoms with Gasteiger partial charge in [0.1, 0.15) is 18.1 Å². The molecule has 7 nitrogen and oxygen atoms in total. The number of nitrogens with zero attached hydrogens (tertiary/aromatic N) is 3. The molecule has 148 valence electrons. The van der Waals surface area contributed by atoms with Crippen molar-refractivity contribution >= 4 is 26.8 Å². The fraction of sp³-hybridized carbons (Fsp3) is 0.300. The van der Waals surface area contributed by atoms with Gasteiger partial charge in [-0.25, -0.2) is 13.4 Å². The molecule has 0 saturated heterocycles. The SMILES string of the molecule is CS(=O)(=O)Cc1nc2ccccc2n1CC(=O)N(CCO)Cc1ccccc1. The first-order valence-electron chi connectivity index (χ1n) is 8.92. The van der Waals surface area contributed by atoms with Crippen LogP contribution >= 0.6 is 0 Å². The van der Waals surface area contributed by atoms with Crippen molar-refractivity contribution in [1.82, 2.24) is 14.5 Å². The molecule has 3 rings (SSSR count). The van der Waals surface area contributed by atoms with E-state index in [1.165, 1.54) is 0 Å². The molecular formula is C20H23N3O4S. The second-order valence-corrected chi connectivity index (χ2v) is 8.84. The first kappa shape index (κ1) is 20.0. The Morgan fingerprint density at radius 2 is 1.79 bits per heavy atom. The topological polar surface area (TPSA) is 92.5 Å². The van der Waals surface area contributed by atoms with Gasteiger partial charge in [-0.05, 0) is 17.7 Å². The van der Waals surface area contributed by atoms with Gasteiger partial charge in [0.2, 0.25) is 5.91 Å². The number of aromatic nitrogens is 2. The quantitative estimate of drug-likeness (QED) is 0.619. The largest absolute Gasteiger partial charge is 0.395 e. The zero-order chi connectivity index (χ0) is 20.1. The molecule has 0 bridgehead atoms. The molecule has 1 N–H and O–H groups in total. The van der Waals surface area contributed by atoms with Crippen molar-refractivity contribution in [1.29, 1.82) is 0 Å². The monoisotopic (exact) mass is 401 g/mol. The Morgan fingerprint density at radius 3 is 2.46 bits per heavy atom. The number of hydrogen-bond acceptors (Lipinski definition) is 5. The number of aliphatic hydroxyl groups is 1. The van der Waals surface area contributed by atoms with E-state index in [1.54, 1.807) is 15.5 Å². The molecule has 1 aromatic heterocycles. The second kappa shape index (κ2) is 8.53. The lowest BCUT2D eigenvalue weighted by molar-refractivity contribution is -0.133. The summed E-state index contributed by atoms with van der Waals surface area (Å²) in [7, 11) is -3.31. The van der Waals surface area contributed by atoms with Crippen LogP contribution in [0.5, 0.6) is 0 Å². The van der Waals surface area contributed by atoms with Crippen molar-refractivity contribution in [2.75, 3.05) is 19.4 Å². The van der Waals surface area contributed by atoms with Crippen LogP contribution in [0.2, 0.25) is 0 Å². The van der Waals surface area contributed by atoms with E-state index in [1.807, 2.05) is 48.5 Å². The van der Waals surface area contributed by atoms with Crippen LogP contribution in [0, 0.1) is 0 Å². The summed E-state index contributed by atoms with van der Waals surface area (Å²) in [5.74, 6) is -0.121. The van der Waals surface area contributed by atoms with E-state index in [9.17, 15) is 18.3 Å². The van der Waals surface area contributed by atoms with E-state index in [0.29, 0.717) is 23.4 Å². The highest BCUT2D eigenvalue weighted by atomic mass is 32.2. The molecule has 1 amide bonds. The minimum atomic E-state index is -3.31. The predicted molar refractivity (Wildman–Crippen MR) is 107 cm³/mol. The smallest absolute Gasteiger partial charge is 0.242 e. The van der Waals surface area contributed by atoms with Crippen molar-refractivity contribution < 1.29 is 18.3 Å². The molecule has 0 saturated carbocycles. The van der Waals surface area contributed by atoms with Crippen LogP contribution in [0.1, 0.15) is 11.4 Å². The molecule has 0 radical (unpaired) electrons. The normalized spacial score (nSPS) is 11.6. The van der Waals surface area contributed by atoms with Crippen molar-refractivity contribution in [2.24, 2.45) is 0 Å². The zero-order valence-corrected chi connectivity index (χ0v) is 16.5. The van der Waals surface area contributed by atoms with Gasteiger partial charge in [-0.1, -0.05) is 42.5 Å². The summed E-state index contributed by atoms with van der Waals surface area (Å²) < 4.78 is 25.3. The summed E-state index contributed by atoms with van der Waals surface area (Å²) in [5, 5.41) is 9.38. The van der Waals surface area contributed by atoms with Gasteiger partial charge in [0.15, 0.2) is 9.84 Å². The number of amides is 1. The molecule has 0 spiro atoms. The minimum Gasteiger partial charge on any atom is -0.395 e. The molecule has 8 heteroatoms. The number of benzene rings is 2. The molecule has 28 heavy (non-hydrogen) atoms. The van der Waals surface area contributed by atoms with E-state index in [2.05, 4.69) is 4.98 Å². The van der Waals surface area contributed by atoms with Crippen molar-refractivity contribution in [3.05, 3.63) is 66.0 Å². The van der Waals surface area contributed by atoms with Gasteiger partial charge in [0.05, 0.1) is 17.6 Å². The van der Waals surface area contributed by atoms with Crippen LogP contribution < -0.4 is 0 Å². The molecule has 0 aliphatic carbocycles. The molecule has 0 aliphatic heterocycles. The highest BCUT2D eigenvalue weighted by molar-refractivity contribution is 7.89. The van der Waals surface area contributed by atoms with Gasteiger partial charge in [0.25, 0.3) is 0 Å². The Hall–Kier alpha value is -2.71. The lowest BCUT2D eigenvalue weighted by atomic mass is 10.2. The zero-order valence-electron chi connectivity index (χ0n) is 15.7. The lowest BCUT2D eigenvalue weighted by Crippen LogP contribution is -2.36. The van der Waals surface area contributed by atoms with E-state index < -0.39 is 9.84 Å². The number of hydrogen-bond donors (Lipinski definition) is 1.